The van der Waals surface area contributed by atoms with E-state index in [2.05, 4.69) is 21.2 Å². The van der Waals surface area contributed by atoms with Crippen molar-refractivity contribution in [3.8, 4) is 0 Å². The van der Waals surface area contributed by atoms with E-state index in [9.17, 15) is 9.59 Å². The van der Waals surface area contributed by atoms with Crippen molar-refractivity contribution in [2.24, 2.45) is 7.05 Å². The summed E-state index contributed by atoms with van der Waals surface area (Å²) in [4.78, 5) is 23.5. The van der Waals surface area contributed by atoms with Crippen molar-refractivity contribution in [3.63, 3.8) is 0 Å². The van der Waals surface area contributed by atoms with E-state index >= 15 is 0 Å². The molecular weight excluding hydrogens is 356 g/mol. The molecule has 0 atom stereocenters. The van der Waals surface area contributed by atoms with Crippen LogP contribution in [0.3, 0.4) is 0 Å². The molecule has 0 radical (unpaired) electrons. The lowest BCUT2D eigenvalue weighted by Crippen LogP contribution is -2.13. The van der Waals surface area contributed by atoms with Gasteiger partial charge in [0.2, 0.25) is 0 Å². The SMILES string of the molecule is Cc1c(NC(=O)c2ccc(Br)cc2)ccc2cc(C=O)n(C)c12. The standard InChI is InChI=1S/C18H15BrN2O2/c1-11-16(20-18(23)12-3-6-14(19)7-4-12)8-5-13-9-15(10-22)21(2)17(11)13/h3-10H,1-2H3,(H,20,23). The summed E-state index contributed by atoms with van der Waals surface area (Å²) in [5.41, 5.74) is 3.82. The first-order valence-corrected chi connectivity index (χ1v) is 7.91. The minimum absolute atomic E-state index is 0.162. The van der Waals surface area contributed by atoms with Gasteiger partial charge in [-0.05, 0) is 48.9 Å². The molecule has 0 saturated heterocycles. The molecule has 0 aliphatic carbocycles. The van der Waals surface area contributed by atoms with Crippen LogP contribution in [0.25, 0.3) is 10.9 Å². The number of rotatable bonds is 3. The third-order valence-corrected chi connectivity index (χ3v) is 4.49. The zero-order valence-electron chi connectivity index (χ0n) is 12.8. The molecule has 5 heteroatoms. The Bertz CT molecular complexity index is 911. The lowest BCUT2D eigenvalue weighted by Gasteiger charge is -2.11. The average molecular weight is 371 g/mol. The van der Waals surface area contributed by atoms with Gasteiger partial charge in [0.1, 0.15) is 0 Å². The van der Waals surface area contributed by atoms with E-state index in [0.717, 1.165) is 32.9 Å². The maximum Gasteiger partial charge on any atom is 0.255 e. The first-order valence-electron chi connectivity index (χ1n) is 7.12. The molecule has 3 aromatic rings. The summed E-state index contributed by atoms with van der Waals surface area (Å²) >= 11 is 3.35. The highest BCUT2D eigenvalue weighted by molar-refractivity contribution is 9.10. The summed E-state index contributed by atoms with van der Waals surface area (Å²) in [6.07, 6.45) is 0.833. The monoisotopic (exact) mass is 370 g/mol. The van der Waals surface area contributed by atoms with Crippen molar-refractivity contribution in [2.75, 3.05) is 5.32 Å². The minimum Gasteiger partial charge on any atom is -0.341 e. The summed E-state index contributed by atoms with van der Waals surface area (Å²) in [7, 11) is 1.85. The molecule has 0 fully saturated rings. The number of fused-ring (bicyclic) bond motifs is 1. The molecule has 0 spiro atoms. The number of benzene rings is 2. The van der Waals surface area contributed by atoms with Crippen LogP contribution < -0.4 is 5.32 Å². The molecule has 116 valence electrons. The van der Waals surface area contributed by atoms with Crippen LogP contribution in [-0.2, 0) is 7.05 Å². The summed E-state index contributed by atoms with van der Waals surface area (Å²) in [6.45, 7) is 1.94. The second kappa shape index (κ2) is 6.01. The van der Waals surface area contributed by atoms with E-state index in [-0.39, 0.29) is 5.91 Å². The highest BCUT2D eigenvalue weighted by Crippen LogP contribution is 2.28. The Kier molecular flexibility index (Phi) is 4.05. The van der Waals surface area contributed by atoms with Crippen LogP contribution in [0.5, 0.6) is 0 Å². The van der Waals surface area contributed by atoms with Crippen molar-refractivity contribution in [2.45, 2.75) is 6.92 Å². The summed E-state index contributed by atoms with van der Waals surface area (Å²) < 4.78 is 2.77. The third-order valence-electron chi connectivity index (χ3n) is 3.96. The smallest absolute Gasteiger partial charge is 0.255 e. The Balaban J connectivity index is 1.98. The van der Waals surface area contributed by atoms with Crippen molar-refractivity contribution in [1.82, 2.24) is 4.57 Å². The number of nitrogens with zero attached hydrogens (tertiary/aromatic N) is 1. The topological polar surface area (TPSA) is 51.1 Å². The van der Waals surface area contributed by atoms with Gasteiger partial charge < -0.3 is 9.88 Å². The van der Waals surface area contributed by atoms with Crippen molar-refractivity contribution < 1.29 is 9.59 Å². The van der Waals surface area contributed by atoms with Gasteiger partial charge in [-0.2, -0.15) is 0 Å². The predicted molar refractivity (Wildman–Crippen MR) is 95.1 cm³/mol. The zero-order chi connectivity index (χ0) is 16.6. The Morgan fingerprint density at radius 2 is 1.87 bits per heavy atom. The average Bonchev–Trinajstić information content (AvgIpc) is 2.87. The van der Waals surface area contributed by atoms with E-state index in [4.69, 9.17) is 0 Å². The fraction of sp³-hybridized carbons (Fsp3) is 0.111. The highest BCUT2D eigenvalue weighted by atomic mass is 79.9. The first kappa shape index (κ1) is 15.5. The van der Waals surface area contributed by atoms with Gasteiger partial charge in [-0.1, -0.05) is 22.0 Å². The normalized spacial score (nSPS) is 10.7. The quantitative estimate of drug-likeness (QED) is 0.698. The Hall–Kier alpha value is -2.40. The Morgan fingerprint density at radius 3 is 2.52 bits per heavy atom. The van der Waals surface area contributed by atoms with Crippen molar-refractivity contribution in [3.05, 3.63) is 63.8 Å². The van der Waals surface area contributed by atoms with E-state index in [1.54, 1.807) is 12.1 Å². The molecular formula is C18H15BrN2O2. The fourth-order valence-corrected chi connectivity index (χ4v) is 2.98. The highest BCUT2D eigenvalue weighted by Gasteiger charge is 2.13. The molecule has 1 N–H and O–H groups in total. The number of carbonyl (C=O) groups excluding carboxylic acids is 2. The predicted octanol–water partition coefficient (Wildman–Crippen LogP) is 4.31. The maximum atomic E-state index is 12.4. The molecule has 0 aliphatic rings. The molecule has 4 nitrogen and oxygen atoms in total. The molecule has 0 saturated carbocycles. The van der Waals surface area contributed by atoms with Gasteiger partial charge >= 0.3 is 0 Å². The zero-order valence-corrected chi connectivity index (χ0v) is 14.3. The molecule has 1 aromatic heterocycles. The number of aldehydes is 1. The van der Waals surface area contributed by atoms with Gasteiger partial charge in [0, 0.05) is 28.2 Å². The molecule has 0 bridgehead atoms. The number of hydrogen-bond donors (Lipinski definition) is 1. The second-order valence-corrected chi connectivity index (χ2v) is 6.30. The fourth-order valence-electron chi connectivity index (χ4n) is 2.71. The minimum atomic E-state index is -0.162. The van der Waals surface area contributed by atoms with Crippen LogP contribution in [-0.4, -0.2) is 16.8 Å². The van der Waals surface area contributed by atoms with Gasteiger partial charge in [-0.25, -0.2) is 0 Å². The summed E-state index contributed by atoms with van der Waals surface area (Å²) in [5.74, 6) is -0.162. The number of halogens is 1. The number of aromatic nitrogens is 1. The van der Waals surface area contributed by atoms with Crippen molar-refractivity contribution >= 4 is 44.7 Å². The molecule has 1 amide bonds. The Morgan fingerprint density at radius 1 is 1.17 bits per heavy atom. The molecule has 3 rings (SSSR count). The van der Waals surface area contributed by atoms with Gasteiger partial charge in [0.05, 0.1) is 11.2 Å². The summed E-state index contributed by atoms with van der Waals surface area (Å²) in [6, 6.07) is 12.8. The number of nitrogens with one attached hydrogen (secondary N) is 1. The lowest BCUT2D eigenvalue weighted by molar-refractivity contribution is 0.102. The molecule has 0 aliphatic heterocycles. The first-order chi connectivity index (χ1) is 11.0. The van der Waals surface area contributed by atoms with Gasteiger partial charge in [0.15, 0.2) is 6.29 Å². The van der Waals surface area contributed by atoms with Crippen molar-refractivity contribution in [1.29, 1.82) is 0 Å². The molecule has 23 heavy (non-hydrogen) atoms. The Labute approximate surface area is 142 Å². The maximum absolute atomic E-state index is 12.4. The number of carbonyl (C=O) groups is 2. The van der Waals surface area contributed by atoms with E-state index in [0.29, 0.717) is 11.3 Å². The number of amides is 1. The van der Waals surface area contributed by atoms with Crippen LogP contribution in [0.2, 0.25) is 0 Å². The van der Waals surface area contributed by atoms with Crippen LogP contribution in [0.4, 0.5) is 5.69 Å². The molecule has 0 unspecified atom stereocenters. The number of aryl methyl sites for hydroxylation is 2. The van der Waals surface area contributed by atoms with Gasteiger partial charge in [-0.3, -0.25) is 9.59 Å². The number of anilines is 1. The van der Waals surface area contributed by atoms with Gasteiger partial charge in [-0.15, -0.1) is 0 Å². The van der Waals surface area contributed by atoms with Gasteiger partial charge in [0.25, 0.3) is 5.91 Å². The van der Waals surface area contributed by atoms with E-state index in [1.807, 2.05) is 48.9 Å². The lowest BCUT2D eigenvalue weighted by atomic mass is 10.1. The van der Waals surface area contributed by atoms with E-state index < -0.39 is 0 Å². The van der Waals surface area contributed by atoms with Crippen LogP contribution >= 0.6 is 15.9 Å². The molecule has 2 aromatic carbocycles. The van der Waals surface area contributed by atoms with E-state index in [1.165, 1.54) is 0 Å². The summed E-state index contributed by atoms with van der Waals surface area (Å²) in [5, 5.41) is 3.92. The van der Waals surface area contributed by atoms with Crippen LogP contribution in [0.15, 0.2) is 46.9 Å². The van der Waals surface area contributed by atoms with Crippen LogP contribution in [0, 0.1) is 6.92 Å². The third kappa shape index (κ3) is 2.80. The second-order valence-electron chi connectivity index (χ2n) is 5.38. The molecule has 1 heterocycles. The largest absolute Gasteiger partial charge is 0.341 e. The number of hydrogen-bond acceptors (Lipinski definition) is 2. The van der Waals surface area contributed by atoms with Crippen LogP contribution in [0.1, 0.15) is 26.4 Å².